The lowest BCUT2D eigenvalue weighted by atomic mass is 10.1. The zero-order chi connectivity index (χ0) is 22.8. The van der Waals surface area contributed by atoms with Crippen molar-refractivity contribution in [2.75, 3.05) is 11.0 Å². The van der Waals surface area contributed by atoms with Crippen LogP contribution in [0.1, 0.15) is 0 Å². The highest BCUT2D eigenvalue weighted by atomic mass is 32.2. The topological polar surface area (TPSA) is 106 Å². The SMILES string of the molecule is CS(=O)(=O)c1ccc(-c2ccc(NS(=O)(=O)c3ccc(-c4ccccc4)cc3)cc2)nn1. The molecule has 7 nitrogen and oxygen atoms in total. The van der Waals surface area contributed by atoms with Crippen molar-refractivity contribution in [2.45, 2.75) is 9.92 Å². The molecule has 1 heterocycles. The number of aromatic nitrogens is 2. The van der Waals surface area contributed by atoms with Gasteiger partial charge in [-0.2, -0.15) is 0 Å². The van der Waals surface area contributed by atoms with E-state index in [0.29, 0.717) is 16.9 Å². The molecule has 0 aliphatic carbocycles. The van der Waals surface area contributed by atoms with Crippen LogP contribution in [-0.2, 0) is 19.9 Å². The molecule has 3 aromatic carbocycles. The highest BCUT2D eigenvalue weighted by Gasteiger charge is 2.15. The van der Waals surface area contributed by atoms with Crippen molar-refractivity contribution in [3.8, 4) is 22.4 Å². The van der Waals surface area contributed by atoms with Gasteiger partial charge in [0.2, 0.25) is 0 Å². The summed E-state index contributed by atoms with van der Waals surface area (Å²) in [6.07, 6.45) is 1.06. The molecule has 0 bridgehead atoms. The van der Waals surface area contributed by atoms with Gasteiger partial charge < -0.3 is 0 Å². The molecule has 162 valence electrons. The first kappa shape index (κ1) is 21.7. The fourth-order valence-electron chi connectivity index (χ4n) is 3.05. The lowest BCUT2D eigenvalue weighted by Gasteiger charge is -2.10. The zero-order valence-corrected chi connectivity index (χ0v) is 18.6. The van der Waals surface area contributed by atoms with Crippen molar-refractivity contribution in [3.63, 3.8) is 0 Å². The van der Waals surface area contributed by atoms with Gasteiger partial charge >= 0.3 is 0 Å². The van der Waals surface area contributed by atoms with Crippen LogP contribution in [0.15, 0.2) is 101 Å². The molecular formula is C23H19N3O4S2. The van der Waals surface area contributed by atoms with Crippen molar-refractivity contribution in [2.24, 2.45) is 0 Å². The van der Waals surface area contributed by atoms with Crippen LogP contribution < -0.4 is 4.72 Å². The van der Waals surface area contributed by atoms with Crippen molar-refractivity contribution in [3.05, 3.63) is 91.0 Å². The molecule has 0 saturated carbocycles. The second kappa shape index (κ2) is 8.52. The summed E-state index contributed by atoms with van der Waals surface area (Å²) in [7, 11) is -7.18. The average molecular weight is 466 g/mol. The summed E-state index contributed by atoms with van der Waals surface area (Å²) in [6.45, 7) is 0. The third-order valence-corrected chi connectivity index (χ3v) is 7.10. The summed E-state index contributed by atoms with van der Waals surface area (Å²) in [5.74, 6) is 0. The maximum atomic E-state index is 12.7. The summed E-state index contributed by atoms with van der Waals surface area (Å²) >= 11 is 0. The number of sulfone groups is 1. The Hall–Kier alpha value is -3.56. The molecule has 0 spiro atoms. The quantitative estimate of drug-likeness (QED) is 0.461. The molecule has 0 unspecified atom stereocenters. The monoisotopic (exact) mass is 465 g/mol. The maximum absolute atomic E-state index is 12.7. The van der Waals surface area contributed by atoms with E-state index in [4.69, 9.17) is 0 Å². The minimum atomic E-state index is -3.76. The number of anilines is 1. The van der Waals surface area contributed by atoms with Gasteiger partial charge in [-0.25, -0.2) is 16.8 Å². The standard InChI is InChI=1S/C23H19N3O4S2/c1-31(27,28)23-16-15-22(24-25-23)19-7-11-20(12-8-19)26-32(29,30)21-13-9-18(10-14-21)17-5-3-2-4-6-17/h2-16,26H,1H3. The molecule has 0 aliphatic heterocycles. The highest BCUT2D eigenvalue weighted by Crippen LogP contribution is 2.24. The molecule has 32 heavy (non-hydrogen) atoms. The summed E-state index contributed by atoms with van der Waals surface area (Å²) in [6, 6.07) is 25.9. The van der Waals surface area contributed by atoms with E-state index < -0.39 is 19.9 Å². The summed E-state index contributed by atoms with van der Waals surface area (Å²) in [5.41, 5.74) is 3.47. The minimum absolute atomic E-state index is 0.107. The van der Waals surface area contributed by atoms with Gasteiger partial charge in [0, 0.05) is 17.5 Å². The van der Waals surface area contributed by atoms with Gasteiger partial charge in [-0.3, -0.25) is 4.72 Å². The lowest BCUT2D eigenvalue weighted by molar-refractivity contribution is 0.595. The van der Waals surface area contributed by atoms with Crippen molar-refractivity contribution in [1.82, 2.24) is 10.2 Å². The number of sulfonamides is 1. The number of benzene rings is 3. The minimum Gasteiger partial charge on any atom is -0.280 e. The van der Waals surface area contributed by atoms with Crippen LogP contribution in [0, 0.1) is 0 Å². The Morgan fingerprint density at radius 3 is 1.78 bits per heavy atom. The summed E-state index contributed by atoms with van der Waals surface area (Å²) in [5, 5.41) is 7.55. The normalized spacial score (nSPS) is 11.8. The molecule has 0 fully saturated rings. The highest BCUT2D eigenvalue weighted by molar-refractivity contribution is 7.92. The van der Waals surface area contributed by atoms with Crippen LogP contribution in [-0.4, -0.2) is 33.3 Å². The van der Waals surface area contributed by atoms with Gasteiger partial charge in [-0.15, -0.1) is 10.2 Å². The van der Waals surface area contributed by atoms with E-state index in [2.05, 4.69) is 14.9 Å². The molecular weight excluding hydrogens is 446 g/mol. The van der Waals surface area contributed by atoms with Gasteiger partial charge in [0.25, 0.3) is 10.0 Å². The first-order chi connectivity index (χ1) is 15.2. The molecule has 0 saturated heterocycles. The van der Waals surface area contributed by atoms with E-state index in [0.717, 1.165) is 17.4 Å². The fraction of sp³-hybridized carbons (Fsp3) is 0.0435. The fourth-order valence-corrected chi connectivity index (χ4v) is 4.61. The Kier molecular flexibility index (Phi) is 5.77. The van der Waals surface area contributed by atoms with E-state index in [1.165, 1.54) is 6.07 Å². The van der Waals surface area contributed by atoms with Gasteiger partial charge in [-0.05, 0) is 47.5 Å². The molecule has 0 aliphatic rings. The number of hydrogen-bond donors (Lipinski definition) is 1. The Morgan fingerprint density at radius 2 is 1.22 bits per heavy atom. The molecule has 1 aromatic heterocycles. The first-order valence-electron chi connectivity index (χ1n) is 9.55. The molecule has 0 amide bonds. The van der Waals surface area contributed by atoms with E-state index in [9.17, 15) is 16.8 Å². The summed E-state index contributed by atoms with van der Waals surface area (Å²) < 4.78 is 51.0. The van der Waals surface area contributed by atoms with Crippen LogP contribution in [0.4, 0.5) is 5.69 Å². The number of nitrogens with one attached hydrogen (secondary N) is 1. The van der Waals surface area contributed by atoms with E-state index in [1.807, 2.05) is 30.3 Å². The molecule has 0 radical (unpaired) electrons. The van der Waals surface area contributed by atoms with Crippen LogP contribution in [0.5, 0.6) is 0 Å². The zero-order valence-electron chi connectivity index (χ0n) is 17.0. The number of rotatable bonds is 6. The van der Waals surface area contributed by atoms with Gasteiger partial charge in [-0.1, -0.05) is 54.6 Å². The van der Waals surface area contributed by atoms with Crippen LogP contribution in [0.25, 0.3) is 22.4 Å². The molecule has 0 atom stereocenters. The van der Waals surface area contributed by atoms with Crippen LogP contribution in [0.2, 0.25) is 0 Å². The molecule has 1 N–H and O–H groups in total. The predicted octanol–water partition coefficient (Wildman–Crippen LogP) is 4.01. The predicted molar refractivity (Wildman–Crippen MR) is 123 cm³/mol. The smallest absolute Gasteiger partial charge is 0.261 e. The Labute approximate surface area is 186 Å². The van der Waals surface area contributed by atoms with Gasteiger partial charge in [0.1, 0.15) is 0 Å². The van der Waals surface area contributed by atoms with E-state index in [-0.39, 0.29) is 9.92 Å². The van der Waals surface area contributed by atoms with E-state index >= 15 is 0 Å². The van der Waals surface area contributed by atoms with Crippen molar-refractivity contribution < 1.29 is 16.8 Å². The van der Waals surface area contributed by atoms with Crippen LogP contribution in [0.3, 0.4) is 0 Å². The van der Waals surface area contributed by atoms with Gasteiger partial charge in [0.05, 0.1) is 10.6 Å². The average Bonchev–Trinajstić information content (AvgIpc) is 2.80. The maximum Gasteiger partial charge on any atom is 0.261 e. The van der Waals surface area contributed by atoms with Gasteiger partial charge in [0.15, 0.2) is 14.9 Å². The van der Waals surface area contributed by atoms with E-state index in [1.54, 1.807) is 54.6 Å². The number of hydrogen-bond acceptors (Lipinski definition) is 6. The first-order valence-corrected chi connectivity index (χ1v) is 12.9. The number of nitrogens with zero attached hydrogens (tertiary/aromatic N) is 2. The third-order valence-electron chi connectivity index (χ3n) is 4.72. The van der Waals surface area contributed by atoms with Crippen LogP contribution >= 0.6 is 0 Å². The second-order valence-corrected chi connectivity index (χ2v) is 10.7. The molecule has 4 aromatic rings. The lowest BCUT2D eigenvalue weighted by Crippen LogP contribution is -2.12. The Balaban J connectivity index is 1.50. The summed E-state index contributed by atoms with van der Waals surface area (Å²) in [4.78, 5) is 0.156. The Morgan fingerprint density at radius 1 is 0.625 bits per heavy atom. The Bertz CT molecular complexity index is 1430. The molecule has 4 rings (SSSR count). The van der Waals surface area contributed by atoms with Crippen molar-refractivity contribution in [1.29, 1.82) is 0 Å². The molecule has 9 heteroatoms. The third kappa shape index (κ3) is 4.84. The largest absolute Gasteiger partial charge is 0.280 e. The second-order valence-electron chi connectivity index (χ2n) is 7.10. The van der Waals surface area contributed by atoms with Crippen molar-refractivity contribution >= 4 is 25.5 Å².